The van der Waals surface area contributed by atoms with Crippen molar-refractivity contribution in [3.8, 4) is 11.5 Å². The van der Waals surface area contributed by atoms with E-state index >= 15 is 0 Å². The van der Waals surface area contributed by atoms with E-state index in [1.807, 2.05) is 31.2 Å². The molecule has 0 saturated heterocycles. The van der Waals surface area contributed by atoms with Crippen LogP contribution in [-0.2, 0) is 39.7 Å². The van der Waals surface area contributed by atoms with Crippen molar-refractivity contribution in [2.75, 3.05) is 33.5 Å². The number of benzene rings is 2. The van der Waals surface area contributed by atoms with Gasteiger partial charge in [-0.3, -0.25) is 4.57 Å². The summed E-state index contributed by atoms with van der Waals surface area (Å²) >= 11 is 0. The molecule has 0 spiro atoms. The molecule has 4 rings (SSSR count). The van der Waals surface area contributed by atoms with Gasteiger partial charge in [0.2, 0.25) is 0 Å². The van der Waals surface area contributed by atoms with E-state index in [4.69, 9.17) is 18.7 Å². The standard InChI is InChI=1S/C23H31N2O5P/c1-4-15-31(26,29-24-13-11-18-7-5-9-22(27-2)20(18)16-24)30-25-14-12-19-8-6-10-23(28-3)21(19)17-25/h5-10H,4,11-17H2,1-3H3. The summed E-state index contributed by atoms with van der Waals surface area (Å²) in [5, 5.41) is 3.53. The molecule has 0 saturated carbocycles. The van der Waals surface area contributed by atoms with Gasteiger partial charge in [-0.15, -0.1) is 0 Å². The Morgan fingerprint density at radius 1 is 0.839 bits per heavy atom. The average molecular weight is 446 g/mol. The minimum atomic E-state index is -3.36. The zero-order valence-electron chi connectivity index (χ0n) is 18.5. The van der Waals surface area contributed by atoms with E-state index in [0.29, 0.717) is 38.8 Å². The predicted octanol–water partition coefficient (Wildman–Crippen LogP) is 4.59. The number of hydrogen-bond donors (Lipinski definition) is 0. The van der Waals surface area contributed by atoms with Gasteiger partial charge in [0.25, 0.3) is 0 Å². The van der Waals surface area contributed by atoms with Gasteiger partial charge in [-0.1, -0.05) is 31.2 Å². The molecule has 0 amide bonds. The Morgan fingerprint density at radius 2 is 1.32 bits per heavy atom. The fourth-order valence-electron chi connectivity index (χ4n) is 4.29. The molecule has 0 unspecified atom stereocenters. The molecular weight excluding hydrogens is 415 g/mol. The van der Waals surface area contributed by atoms with Crippen molar-refractivity contribution in [1.29, 1.82) is 0 Å². The SMILES string of the molecule is CCCP(=O)(ON1CCc2cccc(OC)c2C1)ON1CCc2cccc(OC)c2C1. The Hall–Kier alpha value is -1.89. The summed E-state index contributed by atoms with van der Waals surface area (Å²) in [6, 6.07) is 12.1. The lowest BCUT2D eigenvalue weighted by atomic mass is 10.00. The topological polar surface area (TPSA) is 60.5 Å². The molecule has 2 aliphatic heterocycles. The van der Waals surface area contributed by atoms with Crippen LogP contribution in [0.5, 0.6) is 11.5 Å². The summed E-state index contributed by atoms with van der Waals surface area (Å²) in [5.74, 6) is 1.66. The van der Waals surface area contributed by atoms with E-state index in [0.717, 1.165) is 35.5 Å². The first-order valence-electron chi connectivity index (χ1n) is 10.8. The van der Waals surface area contributed by atoms with Gasteiger partial charge in [-0.05, 0) is 42.5 Å². The molecule has 0 aromatic heterocycles. The molecular formula is C23H31N2O5P. The van der Waals surface area contributed by atoms with Gasteiger partial charge in [-0.2, -0.15) is 10.1 Å². The van der Waals surface area contributed by atoms with Crippen LogP contribution in [0.25, 0.3) is 0 Å². The van der Waals surface area contributed by atoms with Crippen LogP contribution in [0.4, 0.5) is 0 Å². The maximum absolute atomic E-state index is 13.7. The lowest BCUT2D eigenvalue weighted by molar-refractivity contribution is -0.135. The van der Waals surface area contributed by atoms with Crippen molar-refractivity contribution in [3.63, 3.8) is 0 Å². The zero-order chi connectivity index (χ0) is 21.8. The van der Waals surface area contributed by atoms with Gasteiger partial charge >= 0.3 is 7.60 Å². The van der Waals surface area contributed by atoms with Crippen LogP contribution in [0, 0.1) is 0 Å². The number of fused-ring (bicyclic) bond motifs is 2. The van der Waals surface area contributed by atoms with Gasteiger partial charge < -0.3 is 9.47 Å². The summed E-state index contributed by atoms with van der Waals surface area (Å²) in [6.07, 6.45) is 2.69. The summed E-state index contributed by atoms with van der Waals surface area (Å²) < 4.78 is 36.8. The van der Waals surface area contributed by atoms with Crippen LogP contribution in [0.3, 0.4) is 0 Å². The Bertz CT molecular complexity index is 867. The highest BCUT2D eigenvalue weighted by molar-refractivity contribution is 7.53. The lowest BCUT2D eigenvalue weighted by Gasteiger charge is -2.35. The molecule has 2 aromatic carbocycles. The summed E-state index contributed by atoms with van der Waals surface area (Å²) in [5.41, 5.74) is 4.64. The van der Waals surface area contributed by atoms with E-state index in [2.05, 4.69) is 12.1 Å². The van der Waals surface area contributed by atoms with E-state index in [1.165, 1.54) is 11.1 Å². The first-order valence-corrected chi connectivity index (χ1v) is 12.6. The minimum Gasteiger partial charge on any atom is -0.496 e. The molecule has 2 aliphatic rings. The van der Waals surface area contributed by atoms with Gasteiger partial charge in [0.15, 0.2) is 0 Å². The van der Waals surface area contributed by atoms with Crippen molar-refractivity contribution in [3.05, 3.63) is 58.7 Å². The molecule has 168 valence electrons. The molecule has 0 radical (unpaired) electrons. The molecule has 0 aliphatic carbocycles. The molecule has 8 heteroatoms. The van der Waals surface area contributed by atoms with Crippen LogP contribution >= 0.6 is 7.60 Å². The van der Waals surface area contributed by atoms with Gasteiger partial charge in [-0.25, -0.2) is 9.25 Å². The normalized spacial score (nSPS) is 17.1. The number of rotatable bonds is 8. The third-order valence-corrected chi connectivity index (χ3v) is 7.76. The van der Waals surface area contributed by atoms with Crippen LogP contribution in [0.15, 0.2) is 36.4 Å². The van der Waals surface area contributed by atoms with E-state index in [1.54, 1.807) is 24.3 Å². The maximum Gasteiger partial charge on any atom is 0.363 e. The first kappa shape index (κ1) is 22.3. The first-order chi connectivity index (χ1) is 15.0. The minimum absolute atomic E-state index is 0.359. The quantitative estimate of drug-likeness (QED) is 0.550. The molecule has 2 heterocycles. The highest BCUT2D eigenvalue weighted by Gasteiger charge is 2.34. The van der Waals surface area contributed by atoms with Gasteiger partial charge in [0.05, 0.1) is 33.5 Å². The van der Waals surface area contributed by atoms with Crippen molar-refractivity contribution < 1.29 is 23.3 Å². The lowest BCUT2D eigenvalue weighted by Crippen LogP contribution is -2.34. The number of hydroxylamine groups is 4. The van der Waals surface area contributed by atoms with Gasteiger partial charge in [0.1, 0.15) is 11.5 Å². The van der Waals surface area contributed by atoms with Crippen LogP contribution < -0.4 is 9.47 Å². The van der Waals surface area contributed by atoms with Crippen molar-refractivity contribution >= 4 is 7.60 Å². The third-order valence-electron chi connectivity index (χ3n) is 5.81. The second-order valence-corrected chi connectivity index (χ2v) is 9.92. The Labute approximate surface area is 184 Å². The highest BCUT2D eigenvalue weighted by atomic mass is 31.2. The smallest absolute Gasteiger partial charge is 0.363 e. The predicted molar refractivity (Wildman–Crippen MR) is 119 cm³/mol. The number of ether oxygens (including phenoxy) is 2. The Kier molecular flexibility index (Phi) is 6.99. The maximum atomic E-state index is 13.7. The van der Waals surface area contributed by atoms with E-state index < -0.39 is 7.60 Å². The van der Waals surface area contributed by atoms with Crippen LogP contribution in [0.1, 0.15) is 35.6 Å². The molecule has 0 atom stereocenters. The monoisotopic (exact) mass is 446 g/mol. The molecule has 0 N–H and O–H groups in total. The number of methoxy groups -OCH3 is 2. The van der Waals surface area contributed by atoms with Crippen molar-refractivity contribution in [1.82, 2.24) is 10.1 Å². The Balaban J connectivity index is 1.47. The fourth-order valence-corrected chi connectivity index (χ4v) is 6.02. The average Bonchev–Trinajstić information content (AvgIpc) is 2.78. The van der Waals surface area contributed by atoms with Crippen LogP contribution in [-0.4, -0.2) is 43.6 Å². The molecule has 0 fully saturated rings. The Morgan fingerprint density at radius 3 is 1.74 bits per heavy atom. The third kappa shape index (κ3) is 4.97. The second kappa shape index (κ2) is 9.72. The number of hydrogen-bond acceptors (Lipinski definition) is 7. The summed E-state index contributed by atoms with van der Waals surface area (Å²) in [4.78, 5) is 0. The summed E-state index contributed by atoms with van der Waals surface area (Å²) in [6.45, 7) is 4.35. The highest BCUT2D eigenvalue weighted by Crippen LogP contribution is 2.52. The molecule has 0 bridgehead atoms. The molecule has 31 heavy (non-hydrogen) atoms. The summed E-state index contributed by atoms with van der Waals surface area (Å²) in [7, 11) is -0.0178. The van der Waals surface area contributed by atoms with Gasteiger partial charge in [0, 0.05) is 24.2 Å². The van der Waals surface area contributed by atoms with E-state index in [-0.39, 0.29) is 0 Å². The zero-order valence-corrected chi connectivity index (χ0v) is 19.4. The number of nitrogens with zero attached hydrogens (tertiary/aromatic N) is 2. The largest absolute Gasteiger partial charge is 0.496 e. The molecule has 2 aromatic rings. The molecule has 7 nitrogen and oxygen atoms in total. The van der Waals surface area contributed by atoms with Crippen LogP contribution in [0.2, 0.25) is 0 Å². The fraction of sp³-hybridized carbons (Fsp3) is 0.478. The van der Waals surface area contributed by atoms with Crippen molar-refractivity contribution in [2.24, 2.45) is 0 Å². The van der Waals surface area contributed by atoms with E-state index in [9.17, 15) is 4.57 Å². The second-order valence-electron chi connectivity index (χ2n) is 7.92. The van der Waals surface area contributed by atoms with Crippen molar-refractivity contribution in [2.45, 2.75) is 39.3 Å².